The molecule has 1 aromatic rings. The fourth-order valence-corrected chi connectivity index (χ4v) is 3.04. The lowest BCUT2D eigenvalue weighted by atomic mass is 9.89. The molecule has 3 rings (SSSR count). The quantitative estimate of drug-likeness (QED) is 0.662. The van der Waals surface area contributed by atoms with Crippen LogP contribution >= 0.6 is 12.6 Å². The molecule has 1 unspecified atom stereocenters. The van der Waals surface area contributed by atoms with Crippen LogP contribution in [0.1, 0.15) is 24.8 Å². The van der Waals surface area contributed by atoms with Gasteiger partial charge in [0.2, 0.25) is 0 Å². The Balaban J connectivity index is 2.10. The van der Waals surface area contributed by atoms with Crippen LogP contribution in [0.15, 0.2) is 29.8 Å². The van der Waals surface area contributed by atoms with E-state index >= 15 is 0 Å². The Labute approximate surface area is 123 Å². The Morgan fingerprint density at radius 3 is 2.65 bits per heavy atom. The lowest BCUT2D eigenvalue weighted by Crippen LogP contribution is -2.33. The van der Waals surface area contributed by atoms with Crippen molar-refractivity contribution in [2.24, 2.45) is 5.92 Å². The van der Waals surface area contributed by atoms with Crippen LogP contribution in [-0.2, 0) is 4.79 Å². The molecule has 0 amide bonds. The highest BCUT2D eigenvalue weighted by Crippen LogP contribution is 2.38. The van der Waals surface area contributed by atoms with Crippen molar-refractivity contribution in [3.8, 4) is 0 Å². The number of allylic oxidation sites excluding steroid dienone is 1. The van der Waals surface area contributed by atoms with Crippen LogP contribution in [0.2, 0.25) is 0 Å². The van der Waals surface area contributed by atoms with Gasteiger partial charge in [-0.05, 0) is 37.4 Å². The van der Waals surface area contributed by atoms with Crippen molar-refractivity contribution in [1.82, 2.24) is 5.32 Å². The number of Topliss-reactive ketones (excluding diaryl/α,β-unsaturated/α-hetero) is 1. The summed E-state index contributed by atoms with van der Waals surface area (Å²) in [5.74, 6) is -0.150. The number of carbonyl (C=O) groups excluding carboxylic acids is 1. The molecule has 1 saturated carbocycles. The van der Waals surface area contributed by atoms with Gasteiger partial charge in [-0.15, -0.1) is 0 Å². The van der Waals surface area contributed by atoms with E-state index in [0.717, 1.165) is 31.4 Å². The van der Waals surface area contributed by atoms with Gasteiger partial charge >= 0.3 is 0 Å². The molecule has 1 aliphatic heterocycles. The van der Waals surface area contributed by atoms with Gasteiger partial charge in [-0.3, -0.25) is 4.79 Å². The number of carbonyl (C=O) groups is 1. The first-order valence-electron chi connectivity index (χ1n) is 7.09. The van der Waals surface area contributed by atoms with E-state index in [1.165, 1.54) is 6.07 Å². The topological polar surface area (TPSA) is 29.1 Å². The summed E-state index contributed by atoms with van der Waals surface area (Å²) in [6, 6.07) is 6.55. The van der Waals surface area contributed by atoms with Crippen molar-refractivity contribution in [3.63, 3.8) is 0 Å². The Morgan fingerprint density at radius 1 is 1.25 bits per heavy atom. The predicted molar refractivity (Wildman–Crippen MR) is 81.3 cm³/mol. The smallest absolute Gasteiger partial charge is 0.166 e. The van der Waals surface area contributed by atoms with E-state index < -0.39 is 0 Å². The number of piperidine rings is 1. The third kappa shape index (κ3) is 2.67. The average Bonchev–Trinajstić information content (AvgIpc) is 3.27. The Morgan fingerprint density at radius 2 is 2.00 bits per heavy atom. The van der Waals surface area contributed by atoms with E-state index in [-0.39, 0.29) is 22.8 Å². The molecular formula is C16H18FNOS. The SMILES string of the molecule is O=C(C(=C1CNCCC1S)c1ccccc1F)C1CC1. The highest BCUT2D eigenvalue weighted by atomic mass is 32.1. The Bertz CT molecular complexity index is 565. The largest absolute Gasteiger partial charge is 0.313 e. The predicted octanol–water partition coefficient (Wildman–Crippen LogP) is 2.85. The maximum absolute atomic E-state index is 14.1. The van der Waals surface area contributed by atoms with Crippen molar-refractivity contribution in [2.75, 3.05) is 13.1 Å². The zero-order valence-corrected chi connectivity index (χ0v) is 12.1. The zero-order valence-electron chi connectivity index (χ0n) is 11.2. The monoisotopic (exact) mass is 291 g/mol. The lowest BCUT2D eigenvalue weighted by molar-refractivity contribution is -0.114. The molecule has 0 aromatic heterocycles. The molecule has 0 bridgehead atoms. The molecule has 106 valence electrons. The summed E-state index contributed by atoms with van der Waals surface area (Å²) in [6.45, 7) is 1.51. The average molecular weight is 291 g/mol. The van der Waals surface area contributed by atoms with Crippen molar-refractivity contribution < 1.29 is 9.18 Å². The first kappa shape index (κ1) is 13.8. The molecule has 2 fully saturated rings. The molecule has 2 nitrogen and oxygen atoms in total. The summed E-state index contributed by atoms with van der Waals surface area (Å²) in [5.41, 5.74) is 1.95. The van der Waals surface area contributed by atoms with Gasteiger partial charge in [-0.2, -0.15) is 12.6 Å². The standard InChI is InChI=1S/C16H18FNOS/c17-13-4-2-1-3-11(13)15(16(19)10-5-6-10)12-9-18-8-7-14(12)20/h1-4,10,14,18,20H,5-9H2. The lowest BCUT2D eigenvalue weighted by Gasteiger charge is -2.25. The van der Waals surface area contributed by atoms with Gasteiger partial charge in [-0.1, -0.05) is 18.2 Å². The second-order valence-electron chi connectivity index (χ2n) is 5.50. The van der Waals surface area contributed by atoms with Gasteiger partial charge < -0.3 is 5.32 Å². The summed E-state index contributed by atoms with van der Waals surface area (Å²) >= 11 is 4.59. The summed E-state index contributed by atoms with van der Waals surface area (Å²) in [6.07, 6.45) is 2.72. The molecule has 1 N–H and O–H groups in total. The van der Waals surface area contributed by atoms with Gasteiger partial charge in [0.1, 0.15) is 5.82 Å². The molecule has 4 heteroatoms. The van der Waals surface area contributed by atoms with Gasteiger partial charge in [0.15, 0.2) is 5.78 Å². The molecule has 1 heterocycles. The fraction of sp³-hybridized carbons (Fsp3) is 0.438. The molecule has 2 aliphatic rings. The highest BCUT2D eigenvalue weighted by molar-refractivity contribution is 7.81. The van der Waals surface area contributed by atoms with Crippen LogP contribution in [0, 0.1) is 11.7 Å². The summed E-state index contributed by atoms with van der Waals surface area (Å²) in [7, 11) is 0. The number of hydrogen-bond donors (Lipinski definition) is 2. The molecule has 0 spiro atoms. The minimum Gasteiger partial charge on any atom is -0.313 e. The molecular weight excluding hydrogens is 273 g/mol. The van der Waals surface area contributed by atoms with Crippen molar-refractivity contribution >= 4 is 24.0 Å². The number of nitrogens with one attached hydrogen (secondary N) is 1. The number of hydrogen-bond acceptors (Lipinski definition) is 3. The minimum atomic E-state index is -0.324. The minimum absolute atomic E-state index is 0.0357. The van der Waals surface area contributed by atoms with Crippen LogP contribution in [-0.4, -0.2) is 24.1 Å². The third-order valence-corrected chi connectivity index (χ3v) is 4.54. The van der Waals surface area contributed by atoms with E-state index in [9.17, 15) is 9.18 Å². The maximum Gasteiger partial charge on any atom is 0.166 e. The summed E-state index contributed by atoms with van der Waals surface area (Å²) < 4.78 is 14.1. The zero-order chi connectivity index (χ0) is 14.1. The second-order valence-corrected chi connectivity index (χ2v) is 6.12. The van der Waals surface area contributed by atoms with Crippen LogP contribution in [0.5, 0.6) is 0 Å². The van der Waals surface area contributed by atoms with Crippen LogP contribution in [0.4, 0.5) is 4.39 Å². The van der Waals surface area contributed by atoms with Gasteiger partial charge in [-0.25, -0.2) is 4.39 Å². The van der Waals surface area contributed by atoms with E-state index in [1.54, 1.807) is 18.2 Å². The highest BCUT2D eigenvalue weighted by Gasteiger charge is 2.35. The fourth-order valence-electron chi connectivity index (χ4n) is 2.69. The summed E-state index contributed by atoms with van der Waals surface area (Å²) in [4.78, 5) is 12.6. The van der Waals surface area contributed by atoms with Crippen molar-refractivity contribution in [2.45, 2.75) is 24.5 Å². The molecule has 1 aliphatic carbocycles. The van der Waals surface area contributed by atoms with E-state index in [1.807, 2.05) is 0 Å². The molecule has 20 heavy (non-hydrogen) atoms. The van der Waals surface area contributed by atoms with Crippen molar-refractivity contribution in [3.05, 3.63) is 41.2 Å². The van der Waals surface area contributed by atoms with Crippen LogP contribution in [0.25, 0.3) is 5.57 Å². The Kier molecular flexibility index (Phi) is 3.94. The first-order chi connectivity index (χ1) is 9.68. The van der Waals surface area contributed by atoms with E-state index in [2.05, 4.69) is 17.9 Å². The number of ketones is 1. The van der Waals surface area contributed by atoms with Crippen molar-refractivity contribution in [1.29, 1.82) is 0 Å². The summed E-state index contributed by atoms with van der Waals surface area (Å²) in [5, 5.41) is 3.30. The van der Waals surface area contributed by atoms with E-state index in [4.69, 9.17) is 0 Å². The first-order valence-corrected chi connectivity index (χ1v) is 7.61. The third-order valence-electron chi connectivity index (χ3n) is 3.97. The van der Waals surface area contributed by atoms with Crippen LogP contribution in [0.3, 0.4) is 0 Å². The molecule has 1 atom stereocenters. The maximum atomic E-state index is 14.1. The Hall–Kier alpha value is -1.13. The number of thiol groups is 1. The molecule has 0 radical (unpaired) electrons. The van der Waals surface area contributed by atoms with Gasteiger partial charge in [0.25, 0.3) is 0 Å². The normalized spacial score (nSPS) is 25.4. The van der Waals surface area contributed by atoms with E-state index in [0.29, 0.717) is 17.7 Å². The number of rotatable bonds is 3. The molecule has 1 saturated heterocycles. The number of halogens is 1. The molecule has 1 aromatic carbocycles. The van der Waals surface area contributed by atoms with Gasteiger partial charge in [0, 0.05) is 28.8 Å². The second kappa shape index (κ2) is 5.70. The number of benzene rings is 1. The van der Waals surface area contributed by atoms with Crippen LogP contribution < -0.4 is 5.32 Å². The van der Waals surface area contributed by atoms with Gasteiger partial charge in [0.05, 0.1) is 0 Å².